The van der Waals surface area contributed by atoms with Gasteiger partial charge in [0.15, 0.2) is 12.0 Å². The minimum Gasteiger partial charge on any atom is -0.443 e. The molecule has 0 aliphatic carbocycles. The molecule has 1 aliphatic heterocycles. The van der Waals surface area contributed by atoms with E-state index >= 15 is 0 Å². The molecule has 0 unspecified atom stereocenters. The lowest BCUT2D eigenvalue weighted by molar-refractivity contribution is 0.296. The van der Waals surface area contributed by atoms with Crippen LogP contribution in [0.4, 0.5) is 0 Å². The minimum atomic E-state index is 0.873. The molecule has 1 fully saturated rings. The average Bonchev–Trinajstić information content (AvgIpc) is 2.70. The third-order valence-corrected chi connectivity index (χ3v) is 3.54. The molecule has 0 bridgehead atoms. The highest BCUT2D eigenvalue weighted by molar-refractivity contribution is 5.72. The van der Waals surface area contributed by atoms with Crippen molar-refractivity contribution in [1.29, 1.82) is 0 Å². The number of aromatic nitrogens is 1. The maximum Gasteiger partial charge on any atom is 0.181 e. The number of nitrogens with one attached hydrogen (secondary N) is 1. The molecular weight excluding hydrogens is 226 g/mol. The molecule has 0 amide bonds. The Hall–Kier alpha value is -1.39. The number of fused-ring (bicyclic) bond motifs is 1. The van der Waals surface area contributed by atoms with Gasteiger partial charge in [-0.05, 0) is 43.6 Å². The summed E-state index contributed by atoms with van der Waals surface area (Å²) in [6.45, 7) is 5.76. The molecule has 1 saturated heterocycles. The standard InChI is InChI=1S/C14H19N3O/c1-5-15-6-9-17(7-1)8-4-12-2-3-14-13(10-12)16-11-18-14/h2-3,10-11,15H,1,4-9H2. The zero-order valence-corrected chi connectivity index (χ0v) is 10.6. The maximum atomic E-state index is 5.25. The summed E-state index contributed by atoms with van der Waals surface area (Å²) < 4.78 is 5.25. The SMILES string of the molecule is c1nc2cc(CCN3CCCNCC3)ccc2o1. The van der Waals surface area contributed by atoms with Crippen molar-refractivity contribution in [2.24, 2.45) is 0 Å². The Balaban J connectivity index is 1.61. The van der Waals surface area contributed by atoms with Crippen molar-refractivity contribution in [1.82, 2.24) is 15.2 Å². The van der Waals surface area contributed by atoms with Crippen LogP contribution in [-0.2, 0) is 6.42 Å². The topological polar surface area (TPSA) is 41.3 Å². The quantitative estimate of drug-likeness (QED) is 0.893. The molecule has 0 atom stereocenters. The van der Waals surface area contributed by atoms with E-state index in [4.69, 9.17) is 4.42 Å². The van der Waals surface area contributed by atoms with Gasteiger partial charge in [0.2, 0.25) is 0 Å². The lowest BCUT2D eigenvalue weighted by Gasteiger charge is -2.19. The number of benzene rings is 1. The highest BCUT2D eigenvalue weighted by Crippen LogP contribution is 2.14. The summed E-state index contributed by atoms with van der Waals surface area (Å²) in [5.74, 6) is 0. The Morgan fingerprint density at radius 2 is 2.28 bits per heavy atom. The van der Waals surface area contributed by atoms with Crippen LogP contribution in [0.2, 0.25) is 0 Å². The highest BCUT2D eigenvalue weighted by atomic mass is 16.3. The van der Waals surface area contributed by atoms with Gasteiger partial charge in [-0.25, -0.2) is 4.98 Å². The second-order valence-corrected chi connectivity index (χ2v) is 4.85. The number of rotatable bonds is 3. The van der Waals surface area contributed by atoms with Crippen LogP contribution >= 0.6 is 0 Å². The molecule has 4 heteroatoms. The van der Waals surface area contributed by atoms with Gasteiger partial charge in [0.05, 0.1) is 0 Å². The van der Waals surface area contributed by atoms with Gasteiger partial charge in [-0.2, -0.15) is 0 Å². The molecule has 1 N–H and O–H groups in total. The van der Waals surface area contributed by atoms with E-state index in [0.717, 1.165) is 43.7 Å². The second kappa shape index (κ2) is 5.50. The van der Waals surface area contributed by atoms with Crippen molar-refractivity contribution in [2.45, 2.75) is 12.8 Å². The maximum absolute atomic E-state index is 5.25. The predicted molar refractivity (Wildman–Crippen MR) is 71.6 cm³/mol. The van der Waals surface area contributed by atoms with Crippen LogP contribution in [0.25, 0.3) is 11.1 Å². The van der Waals surface area contributed by atoms with Crippen molar-refractivity contribution < 1.29 is 4.42 Å². The number of nitrogens with zero attached hydrogens (tertiary/aromatic N) is 2. The monoisotopic (exact) mass is 245 g/mol. The summed E-state index contributed by atoms with van der Waals surface area (Å²) in [6.07, 6.45) is 3.85. The van der Waals surface area contributed by atoms with Crippen LogP contribution in [-0.4, -0.2) is 42.6 Å². The van der Waals surface area contributed by atoms with Crippen molar-refractivity contribution in [2.75, 3.05) is 32.7 Å². The molecule has 0 spiro atoms. The molecule has 2 aromatic rings. The van der Waals surface area contributed by atoms with E-state index in [2.05, 4.69) is 27.3 Å². The Morgan fingerprint density at radius 3 is 3.28 bits per heavy atom. The molecule has 0 saturated carbocycles. The average molecular weight is 245 g/mol. The first-order valence-corrected chi connectivity index (χ1v) is 6.67. The van der Waals surface area contributed by atoms with E-state index in [0.29, 0.717) is 0 Å². The van der Waals surface area contributed by atoms with Crippen LogP contribution in [0.1, 0.15) is 12.0 Å². The first kappa shape index (κ1) is 11.7. The third-order valence-electron chi connectivity index (χ3n) is 3.54. The van der Waals surface area contributed by atoms with Gasteiger partial charge in [-0.15, -0.1) is 0 Å². The van der Waals surface area contributed by atoms with Gasteiger partial charge in [0.25, 0.3) is 0 Å². The van der Waals surface area contributed by atoms with Crippen LogP contribution in [0.15, 0.2) is 29.0 Å². The Labute approximate surface area is 107 Å². The van der Waals surface area contributed by atoms with E-state index < -0.39 is 0 Å². The number of hydrogen-bond donors (Lipinski definition) is 1. The summed E-state index contributed by atoms with van der Waals surface area (Å²) >= 11 is 0. The molecule has 1 aromatic carbocycles. The Bertz CT molecular complexity index is 500. The van der Waals surface area contributed by atoms with Crippen LogP contribution in [0.5, 0.6) is 0 Å². The fourth-order valence-electron chi connectivity index (χ4n) is 2.47. The largest absolute Gasteiger partial charge is 0.443 e. The molecule has 18 heavy (non-hydrogen) atoms. The fourth-order valence-corrected chi connectivity index (χ4v) is 2.47. The second-order valence-electron chi connectivity index (χ2n) is 4.85. The number of oxazole rings is 1. The van der Waals surface area contributed by atoms with Gasteiger partial charge in [0.1, 0.15) is 5.52 Å². The van der Waals surface area contributed by atoms with Gasteiger partial charge in [-0.1, -0.05) is 6.07 Å². The Kier molecular flexibility index (Phi) is 3.57. The van der Waals surface area contributed by atoms with E-state index in [1.807, 2.05) is 6.07 Å². The van der Waals surface area contributed by atoms with E-state index in [1.54, 1.807) is 0 Å². The van der Waals surface area contributed by atoms with E-state index in [-0.39, 0.29) is 0 Å². The summed E-state index contributed by atoms with van der Waals surface area (Å²) in [7, 11) is 0. The molecule has 1 aliphatic rings. The molecular formula is C14H19N3O. The smallest absolute Gasteiger partial charge is 0.181 e. The van der Waals surface area contributed by atoms with Gasteiger partial charge >= 0.3 is 0 Å². The van der Waals surface area contributed by atoms with Crippen molar-refractivity contribution in [3.63, 3.8) is 0 Å². The summed E-state index contributed by atoms with van der Waals surface area (Å²) in [5.41, 5.74) is 3.18. The summed E-state index contributed by atoms with van der Waals surface area (Å²) in [6, 6.07) is 6.29. The summed E-state index contributed by atoms with van der Waals surface area (Å²) in [4.78, 5) is 6.73. The zero-order valence-electron chi connectivity index (χ0n) is 10.6. The van der Waals surface area contributed by atoms with Crippen LogP contribution < -0.4 is 5.32 Å². The summed E-state index contributed by atoms with van der Waals surface area (Å²) in [5, 5.41) is 3.43. The van der Waals surface area contributed by atoms with Crippen LogP contribution in [0.3, 0.4) is 0 Å². The predicted octanol–water partition coefficient (Wildman–Crippen LogP) is 1.67. The number of hydrogen-bond acceptors (Lipinski definition) is 4. The molecule has 4 nitrogen and oxygen atoms in total. The normalized spacial score (nSPS) is 18.0. The van der Waals surface area contributed by atoms with Crippen LogP contribution in [0, 0.1) is 0 Å². The van der Waals surface area contributed by atoms with Gasteiger partial charge < -0.3 is 14.6 Å². The van der Waals surface area contributed by atoms with Gasteiger partial charge in [0, 0.05) is 19.6 Å². The van der Waals surface area contributed by atoms with E-state index in [1.165, 1.54) is 24.9 Å². The molecule has 1 aromatic heterocycles. The first-order valence-electron chi connectivity index (χ1n) is 6.67. The molecule has 0 radical (unpaired) electrons. The lowest BCUT2D eigenvalue weighted by Crippen LogP contribution is -2.30. The zero-order chi connectivity index (χ0) is 12.2. The fraction of sp³-hybridized carbons (Fsp3) is 0.500. The van der Waals surface area contributed by atoms with Crippen molar-refractivity contribution in [3.05, 3.63) is 30.2 Å². The first-order chi connectivity index (χ1) is 8.92. The Morgan fingerprint density at radius 1 is 1.28 bits per heavy atom. The van der Waals surface area contributed by atoms with E-state index in [9.17, 15) is 0 Å². The molecule has 2 heterocycles. The van der Waals surface area contributed by atoms with Crippen molar-refractivity contribution >= 4 is 11.1 Å². The minimum absolute atomic E-state index is 0.873. The molecule has 96 valence electrons. The van der Waals surface area contributed by atoms with Gasteiger partial charge in [-0.3, -0.25) is 0 Å². The molecule has 3 rings (SSSR count). The lowest BCUT2D eigenvalue weighted by atomic mass is 10.1. The highest BCUT2D eigenvalue weighted by Gasteiger charge is 2.08. The third kappa shape index (κ3) is 2.71. The van der Waals surface area contributed by atoms with Crippen molar-refractivity contribution in [3.8, 4) is 0 Å².